The smallest absolute Gasteiger partial charge is 0.354 e. The highest BCUT2D eigenvalue weighted by Crippen LogP contribution is 2.21. The lowest BCUT2D eigenvalue weighted by molar-refractivity contribution is 0.0680. The zero-order chi connectivity index (χ0) is 14.9. The van der Waals surface area contributed by atoms with Crippen molar-refractivity contribution in [2.24, 2.45) is 7.05 Å². The second-order valence-corrected chi connectivity index (χ2v) is 4.56. The molecule has 0 bridgehead atoms. The Labute approximate surface area is 116 Å². The van der Waals surface area contributed by atoms with Gasteiger partial charge in [-0.15, -0.1) is 0 Å². The van der Waals surface area contributed by atoms with Crippen molar-refractivity contribution in [3.63, 3.8) is 0 Å². The summed E-state index contributed by atoms with van der Waals surface area (Å²) >= 11 is 0. The molecule has 2 rings (SSSR count). The molecular formula is C14H15N3O3. The number of rotatable bonds is 3. The number of para-hydroxylation sites is 1. The Morgan fingerprint density at radius 3 is 2.40 bits per heavy atom. The monoisotopic (exact) mass is 273 g/mol. The molecule has 104 valence electrons. The molecule has 2 aromatic rings. The normalized spacial score (nSPS) is 10.3. The molecule has 1 heterocycles. The number of aromatic nitrogens is 2. The summed E-state index contributed by atoms with van der Waals surface area (Å²) < 4.78 is 1.17. The molecule has 1 aromatic carbocycles. The number of carbonyl (C=O) groups is 2. The van der Waals surface area contributed by atoms with Crippen LogP contribution in [0.15, 0.2) is 24.4 Å². The van der Waals surface area contributed by atoms with Crippen LogP contribution < -0.4 is 5.32 Å². The third-order valence-electron chi connectivity index (χ3n) is 3.11. The first kappa shape index (κ1) is 13.8. The van der Waals surface area contributed by atoms with Gasteiger partial charge >= 0.3 is 5.97 Å². The molecule has 2 N–H and O–H groups in total. The van der Waals surface area contributed by atoms with Crippen LogP contribution in [0.5, 0.6) is 0 Å². The Morgan fingerprint density at radius 1 is 1.25 bits per heavy atom. The maximum absolute atomic E-state index is 12.2. The third-order valence-corrected chi connectivity index (χ3v) is 3.11. The van der Waals surface area contributed by atoms with Crippen LogP contribution in [-0.4, -0.2) is 26.8 Å². The topological polar surface area (TPSA) is 84.2 Å². The van der Waals surface area contributed by atoms with Crippen molar-refractivity contribution in [3.8, 4) is 0 Å². The summed E-state index contributed by atoms with van der Waals surface area (Å²) in [6.07, 6.45) is 1.26. The van der Waals surface area contributed by atoms with Crippen LogP contribution in [0.4, 0.5) is 5.69 Å². The van der Waals surface area contributed by atoms with Crippen LogP contribution >= 0.6 is 0 Å². The maximum atomic E-state index is 12.2. The Bertz CT molecular complexity index is 669. The van der Waals surface area contributed by atoms with E-state index in [0.29, 0.717) is 5.69 Å². The minimum atomic E-state index is -1.18. The van der Waals surface area contributed by atoms with Gasteiger partial charge in [-0.05, 0) is 25.0 Å². The molecule has 0 radical (unpaired) electrons. The van der Waals surface area contributed by atoms with E-state index in [1.807, 2.05) is 32.0 Å². The largest absolute Gasteiger partial charge is 0.477 e. The van der Waals surface area contributed by atoms with Crippen LogP contribution in [-0.2, 0) is 7.05 Å². The first-order valence-electron chi connectivity index (χ1n) is 6.04. The van der Waals surface area contributed by atoms with Gasteiger partial charge in [-0.1, -0.05) is 18.2 Å². The number of aryl methyl sites for hydroxylation is 3. The van der Waals surface area contributed by atoms with Gasteiger partial charge < -0.3 is 10.4 Å². The molecule has 1 amide bonds. The van der Waals surface area contributed by atoms with Crippen molar-refractivity contribution in [2.75, 3.05) is 5.32 Å². The Hall–Kier alpha value is -2.63. The fourth-order valence-corrected chi connectivity index (χ4v) is 2.05. The van der Waals surface area contributed by atoms with Crippen molar-refractivity contribution in [3.05, 3.63) is 46.8 Å². The summed E-state index contributed by atoms with van der Waals surface area (Å²) in [6.45, 7) is 3.76. The minimum Gasteiger partial charge on any atom is -0.477 e. The molecule has 0 fully saturated rings. The molecule has 0 spiro atoms. The van der Waals surface area contributed by atoms with Crippen molar-refractivity contribution in [1.29, 1.82) is 0 Å². The van der Waals surface area contributed by atoms with Crippen molar-refractivity contribution in [1.82, 2.24) is 9.78 Å². The number of aromatic carboxylic acids is 1. The Balaban J connectivity index is 2.37. The molecule has 0 unspecified atom stereocenters. The lowest BCUT2D eigenvalue weighted by atomic mass is 10.1. The molecular weight excluding hydrogens is 258 g/mol. The van der Waals surface area contributed by atoms with E-state index in [2.05, 4.69) is 10.4 Å². The lowest BCUT2D eigenvalue weighted by Gasteiger charge is -2.11. The van der Waals surface area contributed by atoms with Crippen LogP contribution in [0.25, 0.3) is 0 Å². The van der Waals surface area contributed by atoms with Crippen molar-refractivity contribution < 1.29 is 14.7 Å². The van der Waals surface area contributed by atoms with Gasteiger partial charge in [-0.3, -0.25) is 9.48 Å². The number of hydrogen-bond donors (Lipinski definition) is 2. The van der Waals surface area contributed by atoms with E-state index in [0.717, 1.165) is 11.1 Å². The molecule has 0 aliphatic heterocycles. The number of benzene rings is 1. The zero-order valence-corrected chi connectivity index (χ0v) is 11.5. The number of amides is 1. The number of anilines is 1. The van der Waals surface area contributed by atoms with Gasteiger partial charge in [-0.2, -0.15) is 5.10 Å². The quantitative estimate of drug-likeness (QED) is 0.895. The SMILES string of the molecule is Cc1cccc(C)c1NC(=O)c1cnn(C)c1C(=O)O. The van der Waals surface area contributed by atoms with Crippen LogP contribution in [0.1, 0.15) is 32.0 Å². The second-order valence-electron chi connectivity index (χ2n) is 4.56. The van der Waals surface area contributed by atoms with E-state index >= 15 is 0 Å². The van der Waals surface area contributed by atoms with Gasteiger partial charge in [0, 0.05) is 12.7 Å². The first-order chi connectivity index (χ1) is 9.41. The molecule has 20 heavy (non-hydrogen) atoms. The van der Waals surface area contributed by atoms with E-state index in [1.54, 1.807) is 0 Å². The van der Waals surface area contributed by atoms with E-state index in [4.69, 9.17) is 5.11 Å². The second kappa shape index (κ2) is 5.16. The Morgan fingerprint density at radius 2 is 1.85 bits per heavy atom. The van der Waals surface area contributed by atoms with E-state index in [-0.39, 0.29) is 11.3 Å². The number of carbonyl (C=O) groups excluding carboxylic acids is 1. The highest BCUT2D eigenvalue weighted by molar-refractivity contribution is 6.10. The predicted octanol–water partition coefficient (Wildman–Crippen LogP) is 1.99. The maximum Gasteiger partial charge on any atom is 0.354 e. The van der Waals surface area contributed by atoms with Crippen LogP contribution in [0.2, 0.25) is 0 Å². The van der Waals surface area contributed by atoms with Crippen LogP contribution in [0, 0.1) is 13.8 Å². The molecule has 6 nitrogen and oxygen atoms in total. The zero-order valence-electron chi connectivity index (χ0n) is 11.5. The summed E-state index contributed by atoms with van der Waals surface area (Å²) in [4.78, 5) is 23.4. The van der Waals surface area contributed by atoms with Crippen molar-refractivity contribution >= 4 is 17.6 Å². The van der Waals surface area contributed by atoms with E-state index in [1.165, 1.54) is 17.9 Å². The molecule has 0 aliphatic carbocycles. The molecule has 6 heteroatoms. The first-order valence-corrected chi connectivity index (χ1v) is 6.04. The van der Waals surface area contributed by atoms with Crippen LogP contribution in [0.3, 0.4) is 0 Å². The molecule has 0 atom stereocenters. The molecule has 0 saturated carbocycles. The summed E-state index contributed by atoms with van der Waals surface area (Å²) in [7, 11) is 1.49. The molecule has 1 aromatic heterocycles. The summed E-state index contributed by atoms with van der Waals surface area (Å²) in [6, 6.07) is 5.65. The highest BCUT2D eigenvalue weighted by Gasteiger charge is 2.22. The number of nitrogens with one attached hydrogen (secondary N) is 1. The fraction of sp³-hybridized carbons (Fsp3) is 0.214. The van der Waals surface area contributed by atoms with Gasteiger partial charge in [0.25, 0.3) is 5.91 Å². The number of nitrogens with zero attached hydrogens (tertiary/aromatic N) is 2. The fourth-order valence-electron chi connectivity index (χ4n) is 2.05. The summed E-state index contributed by atoms with van der Waals surface area (Å²) in [5, 5.41) is 15.7. The standard InChI is InChI=1S/C14H15N3O3/c1-8-5-4-6-9(2)11(8)16-13(18)10-7-15-17(3)12(10)14(19)20/h4-7H,1-3H3,(H,16,18)(H,19,20). The third kappa shape index (κ3) is 2.40. The van der Waals surface area contributed by atoms with Gasteiger partial charge in [0.1, 0.15) is 0 Å². The van der Waals surface area contributed by atoms with Gasteiger partial charge in [0.2, 0.25) is 0 Å². The van der Waals surface area contributed by atoms with Gasteiger partial charge in [-0.25, -0.2) is 4.79 Å². The van der Waals surface area contributed by atoms with Gasteiger partial charge in [0.05, 0.1) is 11.8 Å². The van der Waals surface area contributed by atoms with Gasteiger partial charge in [0.15, 0.2) is 5.69 Å². The molecule has 0 aliphatic rings. The lowest BCUT2D eigenvalue weighted by Crippen LogP contribution is -2.18. The van der Waals surface area contributed by atoms with E-state index < -0.39 is 11.9 Å². The number of hydrogen-bond acceptors (Lipinski definition) is 3. The minimum absolute atomic E-state index is 0.0441. The highest BCUT2D eigenvalue weighted by atomic mass is 16.4. The molecule has 0 saturated heterocycles. The average Bonchev–Trinajstić information content (AvgIpc) is 2.76. The van der Waals surface area contributed by atoms with Crippen molar-refractivity contribution in [2.45, 2.75) is 13.8 Å². The summed E-state index contributed by atoms with van der Waals surface area (Å²) in [5.74, 6) is -1.66. The Kier molecular flexibility index (Phi) is 3.56. The van der Waals surface area contributed by atoms with E-state index in [9.17, 15) is 9.59 Å². The predicted molar refractivity (Wildman–Crippen MR) is 74.0 cm³/mol. The number of carboxylic acid groups (broad SMARTS) is 1. The number of carboxylic acids is 1. The summed E-state index contributed by atoms with van der Waals surface area (Å²) in [5.41, 5.74) is 2.44. The average molecular weight is 273 g/mol.